The third kappa shape index (κ3) is 3.78. The zero-order valence-electron chi connectivity index (χ0n) is 10.1. The number of aromatic nitrogens is 1. The van der Waals surface area contributed by atoms with Gasteiger partial charge in [0.15, 0.2) is 5.82 Å². The van der Waals surface area contributed by atoms with E-state index in [1.807, 2.05) is 13.8 Å². The normalized spacial score (nSPS) is 12.5. The molecule has 1 rings (SSSR count). The molecule has 1 aromatic rings. The Morgan fingerprint density at radius 1 is 1.59 bits per heavy atom. The monoisotopic (exact) mass is 239 g/mol. The minimum Gasteiger partial charge on any atom is -0.349 e. The van der Waals surface area contributed by atoms with E-state index in [0.29, 0.717) is 13.0 Å². The Hall–Kier alpha value is -1.49. The van der Waals surface area contributed by atoms with E-state index in [2.05, 4.69) is 10.3 Å². The third-order valence-electron chi connectivity index (χ3n) is 2.62. The van der Waals surface area contributed by atoms with Gasteiger partial charge in [-0.05, 0) is 24.9 Å². The number of nitrogens with zero attached hydrogens (tertiary/aromatic N) is 1. The maximum atomic E-state index is 13.3. The van der Waals surface area contributed by atoms with E-state index >= 15 is 0 Å². The third-order valence-corrected chi connectivity index (χ3v) is 2.62. The number of hydrogen-bond acceptors (Lipinski definition) is 3. The lowest BCUT2D eigenvalue weighted by Crippen LogP contribution is -2.40. The quantitative estimate of drug-likeness (QED) is 0.814. The summed E-state index contributed by atoms with van der Waals surface area (Å²) in [6, 6.07) is 1.32. The van der Waals surface area contributed by atoms with Crippen molar-refractivity contribution in [3.63, 3.8) is 0 Å². The van der Waals surface area contributed by atoms with Crippen LogP contribution in [0.25, 0.3) is 0 Å². The largest absolute Gasteiger partial charge is 0.349 e. The van der Waals surface area contributed by atoms with Gasteiger partial charge in [0.1, 0.15) is 0 Å². The summed E-state index contributed by atoms with van der Waals surface area (Å²) in [5.74, 6) is -0.773. The van der Waals surface area contributed by atoms with Crippen molar-refractivity contribution in [1.29, 1.82) is 0 Å². The highest BCUT2D eigenvalue weighted by Crippen LogP contribution is 2.09. The van der Waals surface area contributed by atoms with Crippen LogP contribution in [0.15, 0.2) is 18.5 Å². The first kappa shape index (κ1) is 13.6. The Bertz CT molecular complexity index is 382. The van der Waals surface area contributed by atoms with Gasteiger partial charge in [-0.15, -0.1) is 0 Å². The molecule has 0 bridgehead atoms. The highest BCUT2D eigenvalue weighted by molar-refractivity contribution is 5.94. The molecule has 1 aromatic heterocycles. The van der Waals surface area contributed by atoms with Crippen molar-refractivity contribution in [2.24, 2.45) is 11.7 Å². The van der Waals surface area contributed by atoms with Crippen LogP contribution in [-0.2, 0) is 0 Å². The van der Waals surface area contributed by atoms with Gasteiger partial charge in [-0.3, -0.25) is 9.78 Å². The van der Waals surface area contributed by atoms with Crippen molar-refractivity contribution in [3.05, 3.63) is 29.8 Å². The number of halogens is 1. The van der Waals surface area contributed by atoms with Gasteiger partial charge >= 0.3 is 0 Å². The van der Waals surface area contributed by atoms with Crippen molar-refractivity contribution >= 4 is 5.91 Å². The van der Waals surface area contributed by atoms with E-state index in [-0.39, 0.29) is 17.5 Å². The van der Waals surface area contributed by atoms with Gasteiger partial charge in [0.2, 0.25) is 0 Å². The fraction of sp³-hybridized carbons (Fsp3) is 0.500. The zero-order valence-corrected chi connectivity index (χ0v) is 10.1. The van der Waals surface area contributed by atoms with Crippen LogP contribution < -0.4 is 11.1 Å². The van der Waals surface area contributed by atoms with Crippen LogP contribution in [0.5, 0.6) is 0 Å². The Balaban J connectivity index is 2.74. The smallest absolute Gasteiger partial charge is 0.254 e. The molecule has 0 aliphatic carbocycles. The second kappa shape index (κ2) is 6.30. The lowest BCUT2D eigenvalue weighted by molar-refractivity contribution is 0.0919. The summed E-state index contributed by atoms with van der Waals surface area (Å²) in [6.07, 6.45) is 3.10. The second-order valence-electron chi connectivity index (χ2n) is 4.26. The molecule has 0 radical (unpaired) electrons. The molecule has 0 aliphatic rings. The molecular weight excluding hydrogens is 221 g/mol. The van der Waals surface area contributed by atoms with Crippen LogP contribution in [0.4, 0.5) is 4.39 Å². The van der Waals surface area contributed by atoms with Crippen LogP contribution in [0, 0.1) is 11.7 Å². The average molecular weight is 239 g/mol. The van der Waals surface area contributed by atoms with E-state index < -0.39 is 11.7 Å². The summed E-state index contributed by atoms with van der Waals surface area (Å²) >= 11 is 0. The van der Waals surface area contributed by atoms with E-state index in [0.717, 1.165) is 6.20 Å². The van der Waals surface area contributed by atoms with Crippen molar-refractivity contribution in [1.82, 2.24) is 10.3 Å². The van der Waals surface area contributed by atoms with E-state index in [1.165, 1.54) is 12.3 Å². The second-order valence-corrected chi connectivity index (χ2v) is 4.26. The predicted octanol–water partition coefficient (Wildman–Crippen LogP) is 1.32. The number of pyridine rings is 1. The summed E-state index contributed by atoms with van der Waals surface area (Å²) in [6.45, 7) is 4.47. The topological polar surface area (TPSA) is 68.0 Å². The molecule has 0 saturated carbocycles. The molecule has 1 amide bonds. The lowest BCUT2D eigenvalue weighted by atomic mass is 10.0. The maximum Gasteiger partial charge on any atom is 0.254 e. The van der Waals surface area contributed by atoms with Crippen molar-refractivity contribution in [3.8, 4) is 0 Å². The molecule has 3 N–H and O–H groups in total. The molecule has 1 heterocycles. The van der Waals surface area contributed by atoms with Crippen LogP contribution in [0.2, 0.25) is 0 Å². The Morgan fingerprint density at radius 3 is 2.82 bits per heavy atom. The number of rotatable bonds is 5. The molecule has 0 fully saturated rings. The van der Waals surface area contributed by atoms with E-state index in [1.54, 1.807) is 0 Å². The zero-order chi connectivity index (χ0) is 12.8. The van der Waals surface area contributed by atoms with Crippen molar-refractivity contribution in [2.75, 3.05) is 6.54 Å². The van der Waals surface area contributed by atoms with Gasteiger partial charge in [0.05, 0.1) is 11.8 Å². The fourth-order valence-corrected chi connectivity index (χ4v) is 1.56. The van der Waals surface area contributed by atoms with Gasteiger partial charge in [-0.1, -0.05) is 13.8 Å². The van der Waals surface area contributed by atoms with Crippen LogP contribution in [0.1, 0.15) is 30.6 Å². The minimum atomic E-state index is -0.611. The molecular formula is C12H18FN3O. The highest BCUT2D eigenvalue weighted by Gasteiger charge is 2.18. The van der Waals surface area contributed by atoms with Gasteiger partial charge in [0, 0.05) is 12.2 Å². The summed E-state index contributed by atoms with van der Waals surface area (Å²) in [5, 5.41) is 2.79. The summed E-state index contributed by atoms with van der Waals surface area (Å²) in [7, 11) is 0. The maximum absolute atomic E-state index is 13.3. The molecule has 17 heavy (non-hydrogen) atoms. The number of carbonyl (C=O) groups excluding carboxylic acids is 1. The molecule has 94 valence electrons. The van der Waals surface area contributed by atoms with Crippen molar-refractivity contribution < 1.29 is 9.18 Å². The first-order valence-electron chi connectivity index (χ1n) is 5.66. The standard InChI is InChI=1S/C12H18FN3O/c1-8(2)11(3-5-14)16-12(17)9-4-6-15-7-10(9)13/h4,6-8,11H,3,5,14H2,1-2H3,(H,16,17). The first-order chi connectivity index (χ1) is 8.06. The molecule has 0 spiro atoms. The fourth-order valence-electron chi connectivity index (χ4n) is 1.56. The number of hydrogen-bond donors (Lipinski definition) is 2. The van der Waals surface area contributed by atoms with Gasteiger partial charge < -0.3 is 11.1 Å². The highest BCUT2D eigenvalue weighted by atomic mass is 19.1. The average Bonchev–Trinajstić information content (AvgIpc) is 2.28. The molecule has 0 saturated heterocycles. The molecule has 4 nitrogen and oxygen atoms in total. The number of amides is 1. The van der Waals surface area contributed by atoms with Gasteiger partial charge in [-0.2, -0.15) is 0 Å². The summed E-state index contributed by atoms with van der Waals surface area (Å²) in [4.78, 5) is 15.4. The van der Waals surface area contributed by atoms with Crippen LogP contribution in [0.3, 0.4) is 0 Å². The number of nitrogens with one attached hydrogen (secondary N) is 1. The predicted molar refractivity (Wildman–Crippen MR) is 64.0 cm³/mol. The first-order valence-corrected chi connectivity index (χ1v) is 5.66. The molecule has 1 atom stereocenters. The van der Waals surface area contributed by atoms with Crippen molar-refractivity contribution in [2.45, 2.75) is 26.3 Å². The Morgan fingerprint density at radius 2 is 2.29 bits per heavy atom. The lowest BCUT2D eigenvalue weighted by Gasteiger charge is -2.21. The van der Waals surface area contributed by atoms with E-state index in [4.69, 9.17) is 5.73 Å². The summed E-state index contributed by atoms with van der Waals surface area (Å²) < 4.78 is 13.3. The Kier molecular flexibility index (Phi) is 5.03. The van der Waals surface area contributed by atoms with Gasteiger partial charge in [0.25, 0.3) is 5.91 Å². The molecule has 0 aromatic carbocycles. The Labute approximate surface area is 100 Å². The van der Waals surface area contributed by atoms with Crippen LogP contribution in [-0.4, -0.2) is 23.5 Å². The number of carbonyl (C=O) groups is 1. The summed E-state index contributed by atoms with van der Waals surface area (Å²) in [5.41, 5.74) is 5.49. The molecule has 0 aliphatic heterocycles. The molecule has 1 unspecified atom stereocenters. The van der Waals surface area contributed by atoms with Crippen LogP contribution >= 0.6 is 0 Å². The van der Waals surface area contributed by atoms with Gasteiger partial charge in [-0.25, -0.2) is 4.39 Å². The minimum absolute atomic E-state index is 0.0164. The molecule has 5 heteroatoms. The SMILES string of the molecule is CC(C)C(CCN)NC(=O)c1ccncc1F. The number of nitrogens with two attached hydrogens (primary N) is 1. The van der Waals surface area contributed by atoms with E-state index in [9.17, 15) is 9.18 Å².